The molecule has 1 amide bonds. The van der Waals surface area contributed by atoms with Gasteiger partial charge in [-0.1, -0.05) is 15.9 Å². The third-order valence-electron chi connectivity index (χ3n) is 4.08. The molecule has 0 saturated carbocycles. The highest BCUT2D eigenvalue weighted by atomic mass is 79.9. The van der Waals surface area contributed by atoms with Crippen LogP contribution in [0.3, 0.4) is 0 Å². The molecule has 2 aromatic carbocycles. The van der Waals surface area contributed by atoms with Gasteiger partial charge in [-0.25, -0.2) is 0 Å². The molecule has 0 aromatic heterocycles. The van der Waals surface area contributed by atoms with E-state index in [0.717, 1.165) is 27.7 Å². The number of rotatable bonds is 3. The SMILES string of the molecule is CN(C)C=C1CCc2cc(C(=O)Nc3ccc(Br)cc3)ccc2C1=O. The summed E-state index contributed by atoms with van der Waals surface area (Å²) >= 11 is 3.37. The van der Waals surface area contributed by atoms with Gasteiger partial charge < -0.3 is 10.2 Å². The van der Waals surface area contributed by atoms with Gasteiger partial charge in [-0.05, 0) is 60.9 Å². The van der Waals surface area contributed by atoms with Crippen molar-refractivity contribution in [2.45, 2.75) is 12.8 Å². The number of hydrogen-bond donors (Lipinski definition) is 1. The van der Waals surface area contributed by atoms with Gasteiger partial charge in [-0.3, -0.25) is 9.59 Å². The number of carbonyl (C=O) groups excluding carboxylic acids is 2. The molecule has 0 fully saturated rings. The number of allylic oxidation sites excluding steroid dienone is 1. The number of fused-ring (bicyclic) bond motifs is 1. The number of halogens is 1. The summed E-state index contributed by atoms with van der Waals surface area (Å²) in [7, 11) is 3.82. The lowest BCUT2D eigenvalue weighted by molar-refractivity contribution is 0.101. The van der Waals surface area contributed by atoms with Crippen molar-refractivity contribution in [2.75, 3.05) is 19.4 Å². The van der Waals surface area contributed by atoms with Crippen LogP contribution in [0.2, 0.25) is 0 Å². The Labute approximate surface area is 155 Å². The van der Waals surface area contributed by atoms with Gasteiger partial charge in [0.1, 0.15) is 0 Å². The first-order valence-electron chi connectivity index (χ1n) is 8.06. The monoisotopic (exact) mass is 398 g/mol. The van der Waals surface area contributed by atoms with Gasteiger partial charge in [0.25, 0.3) is 5.91 Å². The van der Waals surface area contributed by atoms with Crippen LogP contribution in [0, 0.1) is 0 Å². The number of anilines is 1. The van der Waals surface area contributed by atoms with E-state index in [2.05, 4.69) is 21.2 Å². The molecular formula is C20H19BrN2O2. The average Bonchev–Trinajstić information content (AvgIpc) is 2.59. The molecule has 0 bridgehead atoms. The number of amides is 1. The van der Waals surface area contributed by atoms with E-state index in [1.165, 1.54) is 0 Å². The van der Waals surface area contributed by atoms with Crippen molar-refractivity contribution in [3.8, 4) is 0 Å². The minimum atomic E-state index is -0.174. The van der Waals surface area contributed by atoms with Crippen molar-refractivity contribution in [3.63, 3.8) is 0 Å². The van der Waals surface area contributed by atoms with Gasteiger partial charge in [0.2, 0.25) is 0 Å². The van der Waals surface area contributed by atoms with Crippen LogP contribution in [-0.2, 0) is 6.42 Å². The second-order valence-electron chi connectivity index (χ2n) is 6.28. The van der Waals surface area contributed by atoms with Crippen LogP contribution >= 0.6 is 15.9 Å². The van der Waals surface area contributed by atoms with Gasteiger partial charge >= 0.3 is 0 Å². The molecule has 0 saturated heterocycles. The van der Waals surface area contributed by atoms with Crippen LogP contribution in [-0.4, -0.2) is 30.7 Å². The summed E-state index contributed by atoms with van der Waals surface area (Å²) in [5.74, 6) is -0.123. The molecule has 1 aliphatic rings. The lowest BCUT2D eigenvalue weighted by Gasteiger charge is -2.19. The highest BCUT2D eigenvalue weighted by molar-refractivity contribution is 9.10. The van der Waals surface area contributed by atoms with Crippen LogP contribution in [0.15, 0.2) is 58.7 Å². The summed E-state index contributed by atoms with van der Waals surface area (Å²) < 4.78 is 0.958. The van der Waals surface area contributed by atoms with E-state index in [-0.39, 0.29) is 11.7 Å². The van der Waals surface area contributed by atoms with Crippen molar-refractivity contribution in [1.82, 2.24) is 4.90 Å². The molecule has 0 aliphatic heterocycles. The molecule has 5 heteroatoms. The minimum absolute atomic E-state index is 0.0508. The Morgan fingerprint density at radius 3 is 2.52 bits per heavy atom. The van der Waals surface area contributed by atoms with Crippen LogP contribution in [0.1, 0.15) is 32.7 Å². The first-order chi connectivity index (χ1) is 11.9. The number of nitrogens with zero attached hydrogens (tertiary/aromatic N) is 1. The van der Waals surface area contributed by atoms with Crippen molar-refractivity contribution in [3.05, 3.63) is 75.4 Å². The lowest BCUT2D eigenvalue weighted by Crippen LogP contribution is -2.19. The standard InChI is InChI=1S/C20H19BrN2O2/c1-23(2)12-15-4-3-13-11-14(5-10-18(13)19(15)24)20(25)22-17-8-6-16(21)7-9-17/h5-12H,3-4H2,1-2H3,(H,22,25). The maximum absolute atomic E-state index is 12.6. The maximum atomic E-state index is 12.6. The highest BCUT2D eigenvalue weighted by Crippen LogP contribution is 2.26. The molecule has 0 atom stereocenters. The van der Waals surface area contributed by atoms with Crippen molar-refractivity contribution >= 4 is 33.3 Å². The molecule has 2 aromatic rings. The Kier molecular flexibility index (Phi) is 5.04. The van der Waals surface area contributed by atoms with Crippen LogP contribution in [0.5, 0.6) is 0 Å². The second-order valence-corrected chi connectivity index (χ2v) is 7.20. The van der Waals surface area contributed by atoms with Crippen LogP contribution < -0.4 is 5.32 Å². The van der Waals surface area contributed by atoms with Gasteiger partial charge in [0.05, 0.1) is 0 Å². The number of benzene rings is 2. The van der Waals surface area contributed by atoms with E-state index >= 15 is 0 Å². The number of carbonyl (C=O) groups is 2. The fourth-order valence-corrected chi connectivity index (χ4v) is 3.15. The zero-order valence-electron chi connectivity index (χ0n) is 14.2. The predicted molar refractivity (Wildman–Crippen MR) is 103 cm³/mol. The molecule has 0 spiro atoms. The highest BCUT2D eigenvalue weighted by Gasteiger charge is 2.23. The molecule has 3 rings (SSSR count). The van der Waals surface area contributed by atoms with E-state index in [1.54, 1.807) is 12.1 Å². The summed E-state index contributed by atoms with van der Waals surface area (Å²) in [5.41, 5.74) is 3.74. The Morgan fingerprint density at radius 2 is 1.84 bits per heavy atom. The smallest absolute Gasteiger partial charge is 0.255 e. The van der Waals surface area contributed by atoms with Crippen LogP contribution in [0.4, 0.5) is 5.69 Å². The summed E-state index contributed by atoms with van der Waals surface area (Å²) in [5, 5.41) is 2.88. The van der Waals surface area contributed by atoms with Crippen molar-refractivity contribution in [1.29, 1.82) is 0 Å². The van der Waals surface area contributed by atoms with E-state index in [0.29, 0.717) is 17.5 Å². The van der Waals surface area contributed by atoms with E-state index in [4.69, 9.17) is 0 Å². The number of nitrogens with one attached hydrogen (secondary N) is 1. The summed E-state index contributed by atoms with van der Waals surface area (Å²) in [6.07, 6.45) is 3.33. The number of ketones is 1. The number of aryl methyl sites for hydroxylation is 1. The first-order valence-corrected chi connectivity index (χ1v) is 8.85. The number of hydrogen-bond acceptors (Lipinski definition) is 3. The largest absolute Gasteiger partial charge is 0.383 e. The molecule has 1 N–H and O–H groups in total. The van der Waals surface area contributed by atoms with Crippen molar-refractivity contribution < 1.29 is 9.59 Å². The first kappa shape index (κ1) is 17.4. The Hall–Kier alpha value is -2.40. The normalized spacial score (nSPS) is 15.0. The third kappa shape index (κ3) is 3.99. The Balaban J connectivity index is 1.81. The molecule has 0 unspecified atom stereocenters. The summed E-state index contributed by atoms with van der Waals surface area (Å²) in [4.78, 5) is 26.9. The van der Waals surface area contributed by atoms with Crippen molar-refractivity contribution in [2.24, 2.45) is 0 Å². The van der Waals surface area contributed by atoms with E-state index in [1.807, 2.05) is 55.5 Å². The molecule has 128 valence electrons. The summed E-state index contributed by atoms with van der Waals surface area (Å²) in [6.45, 7) is 0. The van der Waals surface area contributed by atoms with E-state index in [9.17, 15) is 9.59 Å². The molecule has 0 radical (unpaired) electrons. The second kappa shape index (κ2) is 7.23. The van der Waals surface area contributed by atoms with Gasteiger partial charge in [0.15, 0.2) is 5.78 Å². The predicted octanol–water partition coefficient (Wildman–Crippen LogP) is 4.28. The molecule has 25 heavy (non-hydrogen) atoms. The third-order valence-corrected chi connectivity index (χ3v) is 4.61. The zero-order valence-corrected chi connectivity index (χ0v) is 15.8. The molecule has 4 nitrogen and oxygen atoms in total. The van der Waals surface area contributed by atoms with Gasteiger partial charge in [0, 0.05) is 47.2 Å². The maximum Gasteiger partial charge on any atom is 0.255 e. The minimum Gasteiger partial charge on any atom is -0.383 e. The fourth-order valence-electron chi connectivity index (χ4n) is 2.89. The molecular weight excluding hydrogens is 380 g/mol. The topological polar surface area (TPSA) is 49.4 Å². The zero-order chi connectivity index (χ0) is 18.0. The molecule has 1 aliphatic carbocycles. The van der Waals surface area contributed by atoms with E-state index < -0.39 is 0 Å². The quantitative estimate of drug-likeness (QED) is 0.785. The van der Waals surface area contributed by atoms with Gasteiger partial charge in [-0.15, -0.1) is 0 Å². The Bertz CT molecular complexity index is 854. The lowest BCUT2D eigenvalue weighted by atomic mass is 9.86. The summed E-state index contributed by atoms with van der Waals surface area (Å²) in [6, 6.07) is 12.7. The molecule has 0 heterocycles. The van der Waals surface area contributed by atoms with Gasteiger partial charge in [-0.2, -0.15) is 0 Å². The Morgan fingerprint density at radius 1 is 1.12 bits per heavy atom. The van der Waals surface area contributed by atoms with Crippen LogP contribution in [0.25, 0.3) is 0 Å². The fraction of sp³-hybridized carbons (Fsp3) is 0.200. The number of Topliss-reactive ketones (excluding diaryl/α,β-unsaturated/α-hetero) is 1. The average molecular weight is 399 g/mol.